The molecule has 0 spiro atoms. The van der Waals surface area contributed by atoms with E-state index in [2.05, 4.69) is 6.92 Å². The first-order valence-corrected chi connectivity index (χ1v) is 6.12. The second-order valence-electron chi connectivity index (χ2n) is 3.05. The average Bonchev–Trinajstić information content (AvgIpc) is 1.94. The minimum absolute atomic E-state index is 0. The van der Waals surface area contributed by atoms with Gasteiger partial charge >= 0.3 is 0 Å². The summed E-state index contributed by atoms with van der Waals surface area (Å²) in [5, 5.41) is 0. The van der Waals surface area contributed by atoms with Crippen molar-refractivity contribution in [3.63, 3.8) is 0 Å². The Kier molecular flexibility index (Phi) is 11.1. The molecule has 3 nitrogen and oxygen atoms in total. The Hall–Kier alpha value is 0.507. The Morgan fingerprint density at radius 3 is 1.92 bits per heavy atom. The molecule has 0 aromatic rings. The van der Waals surface area contributed by atoms with Crippen LogP contribution in [0.4, 0.5) is 0 Å². The number of rotatable bonds is 7. The quantitative estimate of drug-likeness (QED) is 0.388. The molecule has 0 aromatic carbocycles. The third kappa shape index (κ3) is 15.3. The van der Waals surface area contributed by atoms with Crippen LogP contribution in [0.5, 0.6) is 0 Å². The molecule has 0 aromatic heterocycles. The van der Waals surface area contributed by atoms with Gasteiger partial charge in [0, 0.05) is 18.9 Å². The third-order valence-corrected chi connectivity index (χ3v) is 2.56. The first kappa shape index (κ1) is 16.0. The minimum atomic E-state index is -3.72. The van der Waals surface area contributed by atoms with Crippen molar-refractivity contribution >= 4 is 29.0 Å². The van der Waals surface area contributed by atoms with E-state index >= 15 is 0 Å². The van der Waals surface area contributed by atoms with E-state index in [1.165, 1.54) is 19.3 Å². The second kappa shape index (κ2) is 9.08. The molecule has 0 saturated heterocycles. The summed E-state index contributed by atoms with van der Waals surface area (Å²) in [5.74, 6) is -0.0842. The molecule has 0 bridgehead atoms. The topological polar surface area (TPSA) is 54.4 Å². The normalized spacial score (nSPS) is 10.9. The molecule has 0 saturated carbocycles. The van der Waals surface area contributed by atoms with Gasteiger partial charge in [-0.1, -0.05) is 39.0 Å². The molecule has 5 heteroatoms. The van der Waals surface area contributed by atoms with E-state index in [0.717, 1.165) is 12.8 Å². The zero-order valence-electron chi connectivity index (χ0n) is 8.62. The van der Waals surface area contributed by atoms with Crippen molar-refractivity contribution in [1.29, 1.82) is 0 Å². The minimum Gasteiger partial charge on any atom is -0.286 e. The van der Waals surface area contributed by atoms with Gasteiger partial charge in [-0.15, -0.1) is 0 Å². The maximum absolute atomic E-state index is 10.3. The van der Waals surface area contributed by atoms with E-state index in [-0.39, 0.29) is 24.6 Å². The van der Waals surface area contributed by atoms with Crippen LogP contribution >= 0.6 is 0 Å². The fourth-order valence-corrected chi connectivity index (χ4v) is 1.63. The van der Waals surface area contributed by atoms with Crippen molar-refractivity contribution in [3.8, 4) is 0 Å². The van der Waals surface area contributed by atoms with E-state index in [9.17, 15) is 8.42 Å². The van der Waals surface area contributed by atoms with Crippen LogP contribution in [-0.2, 0) is 10.1 Å². The maximum atomic E-state index is 10.3. The van der Waals surface area contributed by atoms with Crippen molar-refractivity contribution in [2.45, 2.75) is 45.4 Å². The first-order chi connectivity index (χ1) is 5.56. The fourth-order valence-electron chi connectivity index (χ4n) is 1.06. The van der Waals surface area contributed by atoms with E-state index in [1.807, 2.05) is 0 Å². The van der Waals surface area contributed by atoms with Gasteiger partial charge in [0.05, 0.1) is 5.75 Å². The van der Waals surface area contributed by atoms with Crippen LogP contribution in [0.15, 0.2) is 0 Å². The molecule has 1 N–H and O–H groups in total. The van der Waals surface area contributed by atoms with Gasteiger partial charge < -0.3 is 0 Å². The van der Waals surface area contributed by atoms with Crippen molar-refractivity contribution < 1.29 is 13.0 Å². The largest absolute Gasteiger partial charge is 0.286 e. The Morgan fingerprint density at radius 2 is 1.46 bits per heavy atom. The second-order valence-corrected chi connectivity index (χ2v) is 4.63. The Labute approximate surface area is 93.2 Å². The van der Waals surface area contributed by atoms with E-state index in [0.29, 0.717) is 6.42 Å². The Balaban J connectivity index is 0. The molecular weight excluding hydrogens is 183 g/mol. The van der Waals surface area contributed by atoms with Crippen molar-refractivity contribution in [1.82, 2.24) is 0 Å². The Morgan fingerprint density at radius 1 is 1.00 bits per heavy atom. The zero-order valence-corrected chi connectivity index (χ0v) is 9.44. The monoisotopic (exact) mass is 201 g/mol. The summed E-state index contributed by atoms with van der Waals surface area (Å²) in [6.45, 7) is 2.14. The molecule has 0 aliphatic carbocycles. The van der Waals surface area contributed by atoms with Crippen molar-refractivity contribution in [2.75, 3.05) is 5.75 Å². The van der Waals surface area contributed by atoms with E-state index in [4.69, 9.17) is 4.55 Å². The summed E-state index contributed by atoms with van der Waals surface area (Å²) in [4.78, 5) is 0. The molecule has 0 fully saturated rings. The van der Waals surface area contributed by atoms with Gasteiger partial charge in [0.25, 0.3) is 10.1 Å². The molecule has 0 amide bonds. The summed E-state index contributed by atoms with van der Waals surface area (Å²) in [7, 11) is -3.72. The van der Waals surface area contributed by atoms with Gasteiger partial charge in [-0.05, 0) is 6.42 Å². The van der Waals surface area contributed by atoms with E-state index < -0.39 is 10.1 Å². The van der Waals surface area contributed by atoms with Crippen LogP contribution in [0.3, 0.4) is 0 Å². The first-order valence-electron chi connectivity index (χ1n) is 4.51. The van der Waals surface area contributed by atoms with Crippen LogP contribution in [0.1, 0.15) is 45.4 Å². The number of hydrogen-bond donors (Lipinski definition) is 1. The summed E-state index contributed by atoms with van der Waals surface area (Å²) in [6, 6.07) is 0. The number of hydrogen-bond acceptors (Lipinski definition) is 2. The predicted octanol–water partition coefficient (Wildman–Crippen LogP) is 1.85. The molecule has 0 aliphatic heterocycles. The smallest absolute Gasteiger partial charge is 0.264 e. The zero-order chi connectivity index (χ0) is 9.45. The van der Waals surface area contributed by atoms with Crippen LogP contribution < -0.4 is 0 Å². The van der Waals surface area contributed by atoms with Gasteiger partial charge in [0.2, 0.25) is 0 Å². The van der Waals surface area contributed by atoms with Crippen LogP contribution in [0, 0.1) is 0 Å². The average molecular weight is 201 g/mol. The molecule has 0 heterocycles. The predicted molar refractivity (Wildman–Crippen MR) is 55.5 cm³/mol. The van der Waals surface area contributed by atoms with Gasteiger partial charge in [-0.25, -0.2) is 0 Å². The van der Waals surface area contributed by atoms with Gasteiger partial charge in [0.15, 0.2) is 0 Å². The van der Waals surface area contributed by atoms with Gasteiger partial charge in [-0.3, -0.25) is 4.55 Å². The maximum Gasteiger partial charge on any atom is 0.264 e. The summed E-state index contributed by atoms with van der Waals surface area (Å²) in [6.07, 6.45) is 6.14. The summed E-state index contributed by atoms with van der Waals surface area (Å²) in [5.41, 5.74) is 0. The van der Waals surface area contributed by atoms with Crippen LogP contribution in [0.2, 0.25) is 0 Å². The molecule has 0 aliphatic rings. The molecule has 0 rings (SSSR count). The summed E-state index contributed by atoms with van der Waals surface area (Å²) >= 11 is 0. The molecule has 0 atom stereocenters. The van der Waals surface area contributed by atoms with Gasteiger partial charge in [-0.2, -0.15) is 8.42 Å². The summed E-state index contributed by atoms with van der Waals surface area (Å²) < 4.78 is 28.9. The standard InChI is InChI=1S/C8H18O3S.Li/c1-2-3-4-5-6-7-8-12(9,10)11;/h2-8H2,1H3,(H,9,10,11);. The molecule has 75 valence electrons. The van der Waals surface area contributed by atoms with Crippen LogP contribution in [0.25, 0.3) is 0 Å². The SMILES string of the molecule is CCCCCCCCS(=O)(=O)O.[Li]. The van der Waals surface area contributed by atoms with Gasteiger partial charge in [0.1, 0.15) is 0 Å². The Bertz CT molecular complexity index is 190. The molecule has 1 radical (unpaired) electrons. The van der Waals surface area contributed by atoms with Crippen LogP contribution in [-0.4, -0.2) is 37.6 Å². The third-order valence-electron chi connectivity index (χ3n) is 1.76. The molecule has 13 heavy (non-hydrogen) atoms. The number of unbranched alkanes of at least 4 members (excludes halogenated alkanes) is 5. The molecular formula is C8H18LiO3S. The molecule has 0 unspecified atom stereocenters. The van der Waals surface area contributed by atoms with Crippen molar-refractivity contribution in [3.05, 3.63) is 0 Å². The van der Waals surface area contributed by atoms with Crippen molar-refractivity contribution in [2.24, 2.45) is 0 Å². The fraction of sp³-hybridized carbons (Fsp3) is 1.00. The van der Waals surface area contributed by atoms with E-state index in [1.54, 1.807) is 0 Å².